The van der Waals surface area contributed by atoms with Gasteiger partial charge in [-0.1, -0.05) is 0 Å². The fourth-order valence-electron chi connectivity index (χ4n) is 1.54. The number of nitrogens with one attached hydrogen (secondary N) is 1. The van der Waals surface area contributed by atoms with Crippen LogP contribution < -0.4 is 5.56 Å². The van der Waals surface area contributed by atoms with Gasteiger partial charge in [-0.15, -0.1) is 0 Å². The molecule has 0 aliphatic carbocycles. The lowest BCUT2D eigenvalue weighted by molar-refractivity contribution is -0.140. The summed E-state index contributed by atoms with van der Waals surface area (Å²) in [7, 11) is 2.81. The van der Waals surface area contributed by atoms with Crippen LogP contribution in [0.1, 0.15) is 28.0 Å². The number of carbonyl (C=O) groups excluding carboxylic acids is 2. The molecule has 1 aromatic heterocycles. The molecule has 1 rings (SSSR count). The number of esters is 1. The highest BCUT2D eigenvalue weighted by molar-refractivity contribution is 5.95. The quantitative estimate of drug-likeness (QED) is 0.776. The van der Waals surface area contributed by atoms with Crippen LogP contribution in [0.4, 0.5) is 0 Å². The minimum Gasteiger partial charge on any atom is -0.469 e. The largest absolute Gasteiger partial charge is 0.469 e. The van der Waals surface area contributed by atoms with Gasteiger partial charge in [-0.25, -0.2) is 5.10 Å². The number of hydrogen-bond donors (Lipinski definition) is 1. The predicted octanol–water partition coefficient (Wildman–Crippen LogP) is 0.0218. The summed E-state index contributed by atoms with van der Waals surface area (Å²) in [5.41, 5.74) is 0.654. The number of aryl methyl sites for hydroxylation is 1. The summed E-state index contributed by atoms with van der Waals surface area (Å²) >= 11 is 0. The van der Waals surface area contributed by atoms with Crippen LogP contribution in [0.5, 0.6) is 0 Å². The molecule has 0 aliphatic heterocycles. The highest BCUT2D eigenvalue weighted by Gasteiger charge is 2.20. The number of nitrogens with zero attached hydrogens (tertiary/aromatic N) is 2. The Kier molecular flexibility index (Phi) is 4.80. The molecule has 1 amide bonds. The van der Waals surface area contributed by atoms with E-state index >= 15 is 0 Å². The van der Waals surface area contributed by atoms with Gasteiger partial charge >= 0.3 is 5.97 Å². The van der Waals surface area contributed by atoms with E-state index in [-0.39, 0.29) is 18.5 Å². The molecule has 0 unspecified atom stereocenters. The zero-order valence-corrected chi connectivity index (χ0v) is 11.4. The van der Waals surface area contributed by atoms with E-state index in [0.717, 1.165) is 0 Å². The Bertz CT molecular complexity index is 550. The van der Waals surface area contributed by atoms with Gasteiger partial charge in [0.25, 0.3) is 11.5 Å². The molecule has 0 spiro atoms. The average molecular weight is 267 g/mol. The molecule has 0 aliphatic rings. The Balaban J connectivity index is 2.92. The van der Waals surface area contributed by atoms with Crippen LogP contribution in [0.15, 0.2) is 4.79 Å². The summed E-state index contributed by atoms with van der Waals surface area (Å²) < 4.78 is 4.50. The van der Waals surface area contributed by atoms with Crippen molar-refractivity contribution in [2.24, 2.45) is 0 Å². The van der Waals surface area contributed by atoms with Gasteiger partial charge in [0, 0.05) is 13.6 Å². The van der Waals surface area contributed by atoms with Crippen molar-refractivity contribution in [1.29, 1.82) is 0 Å². The minimum atomic E-state index is -0.530. The lowest BCUT2D eigenvalue weighted by Gasteiger charge is -2.17. The fourth-order valence-corrected chi connectivity index (χ4v) is 1.54. The lowest BCUT2D eigenvalue weighted by atomic mass is 10.1. The molecule has 1 aromatic rings. The molecular formula is C12H17N3O4. The van der Waals surface area contributed by atoms with Crippen molar-refractivity contribution < 1.29 is 14.3 Å². The van der Waals surface area contributed by atoms with Crippen molar-refractivity contribution >= 4 is 11.9 Å². The van der Waals surface area contributed by atoms with Crippen LogP contribution in [0, 0.1) is 13.8 Å². The number of aromatic nitrogens is 2. The molecule has 0 saturated carbocycles. The van der Waals surface area contributed by atoms with Gasteiger partial charge in [0.15, 0.2) is 0 Å². The maximum Gasteiger partial charge on any atom is 0.307 e. The van der Waals surface area contributed by atoms with E-state index in [1.165, 1.54) is 19.1 Å². The molecular weight excluding hydrogens is 250 g/mol. The zero-order valence-electron chi connectivity index (χ0n) is 11.4. The molecule has 7 nitrogen and oxygen atoms in total. The summed E-state index contributed by atoms with van der Waals surface area (Å²) in [5, 5.41) is 6.06. The molecule has 0 aromatic carbocycles. The summed E-state index contributed by atoms with van der Waals surface area (Å²) in [4.78, 5) is 36.2. The van der Waals surface area contributed by atoms with E-state index in [4.69, 9.17) is 0 Å². The summed E-state index contributed by atoms with van der Waals surface area (Å²) in [5.74, 6) is -0.843. The first-order valence-electron chi connectivity index (χ1n) is 5.76. The second-order valence-corrected chi connectivity index (χ2v) is 4.19. The summed E-state index contributed by atoms with van der Waals surface area (Å²) in [6.07, 6.45) is 0.0831. The fraction of sp³-hybridized carbons (Fsp3) is 0.500. The van der Waals surface area contributed by atoms with E-state index in [2.05, 4.69) is 14.9 Å². The molecule has 0 atom stereocenters. The third-order valence-electron chi connectivity index (χ3n) is 2.91. The normalized spacial score (nSPS) is 10.1. The second-order valence-electron chi connectivity index (χ2n) is 4.19. The molecule has 0 bridgehead atoms. The van der Waals surface area contributed by atoms with Gasteiger partial charge in [-0.2, -0.15) is 5.10 Å². The molecule has 1 N–H and O–H groups in total. The molecule has 1 heterocycles. The van der Waals surface area contributed by atoms with Crippen molar-refractivity contribution in [2.45, 2.75) is 20.3 Å². The number of hydrogen-bond acceptors (Lipinski definition) is 5. The number of aromatic amines is 1. The first-order chi connectivity index (χ1) is 8.88. The monoisotopic (exact) mass is 267 g/mol. The Morgan fingerprint density at radius 1 is 1.37 bits per heavy atom. The van der Waals surface area contributed by atoms with E-state index in [1.54, 1.807) is 13.8 Å². The van der Waals surface area contributed by atoms with Gasteiger partial charge < -0.3 is 9.64 Å². The van der Waals surface area contributed by atoms with E-state index in [1.807, 2.05) is 0 Å². The van der Waals surface area contributed by atoms with Crippen LogP contribution in [-0.4, -0.2) is 47.7 Å². The van der Waals surface area contributed by atoms with Gasteiger partial charge in [0.05, 0.1) is 19.2 Å². The number of methoxy groups -OCH3 is 1. The first kappa shape index (κ1) is 14.9. The Morgan fingerprint density at radius 3 is 2.58 bits per heavy atom. The van der Waals surface area contributed by atoms with Crippen LogP contribution in [0.3, 0.4) is 0 Å². The minimum absolute atomic E-state index is 0.0554. The van der Waals surface area contributed by atoms with Gasteiger partial charge in [0.1, 0.15) is 5.56 Å². The van der Waals surface area contributed by atoms with E-state index in [9.17, 15) is 14.4 Å². The number of carbonyl (C=O) groups is 2. The highest BCUT2D eigenvalue weighted by Crippen LogP contribution is 2.08. The molecule has 0 saturated heterocycles. The van der Waals surface area contributed by atoms with Crippen molar-refractivity contribution in [3.05, 3.63) is 27.2 Å². The molecule has 0 fully saturated rings. The number of ether oxygens (including phenoxy) is 1. The number of H-pyrrole nitrogens is 1. The average Bonchev–Trinajstić information content (AvgIpc) is 2.40. The predicted molar refractivity (Wildman–Crippen MR) is 67.9 cm³/mol. The standard InChI is InChI=1S/C12H17N3O4/c1-7-8(2)13-14-11(17)10(7)12(18)15(3)6-5-9(16)19-4/h5-6H2,1-4H3,(H,14,17). The molecule has 0 radical (unpaired) electrons. The SMILES string of the molecule is COC(=O)CCN(C)C(=O)c1c(C)c(C)n[nH]c1=O. The van der Waals surface area contributed by atoms with E-state index in [0.29, 0.717) is 11.3 Å². The first-order valence-corrected chi connectivity index (χ1v) is 5.76. The molecule has 104 valence electrons. The van der Waals surface area contributed by atoms with Crippen molar-refractivity contribution in [3.8, 4) is 0 Å². The van der Waals surface area contributed by atoms with Crippen molar-refractivity contribution in [2.75, 3.05) is 20.7 Å². The summed E-state index contributed by atoms with van der Waals surface area (Å²) in [6.45, 7) is 3.56. The topological polar surface area (TPSA) is 92.4 Å². The van der Waals surface area contributed by atoms with Crippen molar-refractivity contribution in [1.82, 2.24) is 15.1 Å². The number of rotatable bonds is 4. The molecule has 19 heavy (non-hydrogen) atoms. The van der Waals surface area contributed by atoms with Gasteiger partial charge in [-0.05, 0) is 19.4 Å². The Morgan fingerprint density at radius 2 is 2.00 bits per heavy atom. The van der Waals surface area contributed by atoms with Gasteiger partial charge in [-0.3, -0.25) is 14.4 Å². The maximum atomic E-state index is 12.2. The Labute approximate surface area is 110 Å². The smallest absolute Gasteiger partial charge is 0.307 e. The van der Waals surface area contributed by atoms with Gasteiger partial charge in [0.2, 0.25) is 0 Å². The lowest BCUT2D eigenvalue weighted by Crippen LogP contribution is -2.34. The third kappa shape index (κ3) is 3.40. The number of amides is 1. The summed E-state index contributed by atoms with van der Waals surface area (Å²) in [6, 6.07) is 0. The van der Waals surface area contributed by atoms with Crippen LogP contribution in [0.2, 0.25) is 0 Å². The van der Waals surface area contributed by atoms with Crippen LogP contribution >= 0.6 is 0 Å². The van der Waals surface area contributed by atoms with E-state index < -0.39 is 17.4 Å². The second kappa shape index (κ2) is 6.12. The maximum absolute atomic E-state index is 12.2. The Hall–Kier alpha value is -2.18. The van der Waals surface area contributed by atoms with Crippen LogP contribution in [-0.2, 0) is 9.53 Å². The zero-order chi connectivity index (χ0) is 14.6. The van der Waals surface area contributed by atoms with Crippen molar-refractivity contribution in [3.63, 3.8) is 0 Å². The van der Waals surface area contributed by atoms with Crippen LogP contribution in [0.25, 0.3) is 0 Å². The molecule has 7 heteroatoms. The third-order valence-corrected chi connectivity index (χ3v) is 2.91. The highest BCUT2D eigenvalue weighted by atomic mass is 16.5.